The maximum atomic E-state index is 11.6. The lowest BCUT2D eigenvalue weighted by Crippen LogP contribution is -2.42. The van der Waals surface area contributed by atoms with Crippen LogP contribution >= 0.6 is 0 Å². The smallest absolute Gasteiger partial charge is 0.325 e. The predicted molar refractivity (Wildman–Crippen MR) is 77.9 cm³/mol. The molecule has 0 saturated heterocycles. The second kappa shape index (κ2) is 6.75. The SMILES string of the molecule is COc1cccc(C(NC2CCCCC2C)C(=O)O)c1. The molecule has 0 amide bonds. The summed E-state index contributed by atoms with van der Waals surface area (Å²) in [6.07, 6.45) is 4.64. The molecule has 2 N–H and O–H groups in total. The highest BCUT2D eigenvalue weighted by Gasteiger charge is 2.28. The monoisotopic (exact) mass is 277 g/mol. The van der Waals surface area contributed by atoms with E-state index >= 15 is 0 Å². The van der Waals surface area contributed by atoms with Gasteiger partial charge in [-0.15, -0.1) is 0 Å². The van der Waals surface area contributed by atoms with Gasteiger partial charge >= 0.3 is 5.97 Å². The van der Waals surface area contributed by atoms with Gasteiger partial charge in [-0.3, -0.25) is 10.1 Å². The van der Waals surface area contributed by atoms with Gasteiger partial charge in [0.25, 0.3) is 0 Å². The van der Waals surface area contributed by atoms with E-state index in [9.17, 15) is 9.90 Å². The molecular weight excluding hydrogens is 254 g/mol. The fourth-order valence-electron chi connectivity index (χ4n) is 2.91. The molecule has 0 spiro atoms. The molecule has 0 bridgehead atoms. The fraction of sp³-hybridized carbons (Fsp3) is 0.562. The minimum Gasteiger partial charge on any atom is -0.497 e. The number of hydrogen-bond donors (Lipinski definition) is 2. The fourth-order valence-corrected chi connectivity index (χ4v) is 2.91. The number of aliphatic carboxylic acids is 1. The van der Waals surface area contributed by atoms with Gasteiger partial charge in [0.15, 0.2) is 0 Å². The molecule has 0 heterocycles. The highest BCUT2D eigenvalue weighted by atomic mass is 16.5. The van der Waals surface area contributed by atoms with Gasteiger partial charge in [0.05, 0.1) is 7.11 Å². The molecule has 1 saturated carbocycles. The Morgan fingerprint density at radius 3 is 2.80 bits per heavy atom. The third-order valence-corrected chi connectivity index (χ3v) is 4.17. The number of carbonyl (C=O) groups is 1. The quantitative estimate of drug-likeness (QED) is 0.868. The van der Waals surface area contributed by atoms with Crippen LogP contribution in [0.3, 0.4) is 0 Å². The van der Waals surface area contributed by atoms with Crippen molar-refractivity contribution >= 4 is 5.97 Å². The molecule has 110 valence electrons. The van der Waals surface area contributed by atoms with Gasteiger partial charge in [0, 0.05) is 6.04 Å². The summed E-state index contributed by atoms with van der Waals surface area (Å²) in [5, 5.41) is 12.8. The van der Waals surface area contributed by atoms with Crippen molar-refractivity contribution in [3.05, 3.63) is 29.8 Å². The number of carboxylic acid groups (broad SMARTS) is 1. The molecule has 0 radical (unpaired) electrons. The molecule has 1 aromatic rings. The zero-order valence-electron chi connectivity index (χ0n) is 12.1. The van der Waals surface area contributed by atoms with E-state index in [1.165, 1.54) is 19.3 Å². The average Bonchev–Trinajstić information content (AvgIpc) is 2.46. The van der Waals surface area contributed by atoms with Crippen LogP contribution in [0.4, 0.5) is 0 Å². The van der Waals surface area contributed by atoms with Crippen LogP contribution in [0.15, 0.2) is 24.3 Å². The first-order chi connectivity index (χ1) is 9.61. The van der Waals surface area contributed by atoms with Crippen LogP contribution in [-0.4, -0.2) is 24.2 Å². The molecule has 1 fully saturated rings. The van der Waals surface area contributed by atoms with Crippen molar-refractivity contribution in [2.75, 3.05) is 7.11 Å². The van der Waals surface area contributed by atoms with Gasteiger partial charge < -0.3 is 9.84 Å². The first kappa shape index (κ1) is 14.9. The molecule has 0 aliphatic heterocycles. The molecule has 1 aliphatic carbocycles. The Labute approximate surface area is 120 Å². The minimum atomic E-state index is -0.837. The summed E-state index contributed by atoms with van der Waals surface area (Å²) in [5.74, 6) is 0.375. The van der Waals surface area contributed by atoms with E-state index < -0.39 is 12.0 Å². The van der Waals surface area contributed by atoms with Crippen LogP contribution in [0.2, 0.25) is 0 Å². The summed E-state index contributed by atoms with van der Waals surface area (Å²) in [6.45, 7) is 2.20. The Morgan fingerprint density at radius 1 is 1.40 bits per heavy atom. The van der Waals surface area contributed by atoms with Crippen molar-refractivity contribution in [3.63, 3.8) is 0 Å². The summed E-state index contributed by atoms with van der Waals surface area (Å²) in [5.41, 5.74) is 0.745. The average molecular weight is 277 g/mol. The Kier molecular flexibility index (Phi) is 5.01. The van der Waals surface area contributed by atoms with E-state index in [1.807, 2.05) is 18.2 Å². The number of hydrogen-bond acceptors (Lipinski definition) is 3. The largest absolute Gasteiger partial charge is 0.497 e. The van der Waals surface area contributed by atoms with Crippen molar-refractivity contribution in [1.82, 2.24) is 5.32 Å². The lowest BCUT2D eigenvalue weighted by Gasteiger charge is -2.32. The second-order valence-corrected chi connectivity index (χ2v) is 5.58. The van der Waals surface area contributed by atoms with E-state index in [1.54, 1.807) is 13.2 Å². The highest BCUT2D eigenvalue weighted by Crippen LogP contribution is 2.27. The van der Waals surface area contributed by atoms with E-state index in [-0.39, 0.29) is 6.04 Å². The van der Waals surface area contributed by atoms with Crippen molar-refractivity contribution in [2.24, 2.45) is 5.92 Å². The Balaban J connectivity index is 2.15. The van der Waals surface area contributed by atoms with Crippen LogP contribution in [0, 0.1) is 5.92 Å². The summed E-state index contributed by atoms with van der Waals surface area (Å²) < 4.78 is 5.18. The third-order valence-electron chi connectivity index (χ3n) is 4.17. The number of methoxy groups -OCH3 is 1. The zero-order valence-corrected chi connectivity index (χ0v) is 12.1. The van der Waals surface area contributed by atoms with Crippen molar-refractivity contribution in [2.45, 2.75) is 44.7 Å². The van der Waals surface area contributed by atoms with Crippen LogP contribution in [-0.2, 0) is 4.79 Å². The standard InChI is InChI=1S/C16H23NO3/c1-11-6-3-4-9-14(11)17-15(16(18)19)12-7-5-8-13(10-12)20-2/h5,7-8,10-11,14-15,17H,3-4,6,9H2,1-2H3,(H,18,19). The van der Waals surface area contributed by atoms with Crippen LogP contribution in [0.5, 0.6) is 5.75 Å². The molecule has 2 rings (SSSR count). The second-order valence-electron chi connectivity index (χ2n) is 5.58. The molecule has 1 aromatic carbocycles. The third kappa shape index (κ3) is 3.51. The van der Waals surface area contributed by atoms with Gasteiger partial charge in [-0.05, 0) is 36.5 Å². The number of ether oxygens (including phenoxy) is 1. The van der Waals surface area contributed by atoms with Gasteiger partial charge in [0.1, 0.15) is 11.8 Å². The first-order valence-electron chi connectivity index (χ1n) is 7.24. The van der Waals surface area contributed by atoms with E-state index in [0.717, 1.165) is 12.0 Å². The minimum absolute atomic E-state index is 0.274. The molecule has 0 aromatic heterocycles. The summed E-state index contributed by atoms with van der Waals surface area (Å²) in [6, 6.07) is 6.88. The van der Waals surface area contributed by atoms with Crippen molar-refractivity contribution in [3.8, 4) is 5.75 Å². The maximum absolute atomic E-state index is 11.6. The van der Waals surface area contributed by atoms with Gasteiger partial charge in [0.2, 0.25) is 0 Å². The Bertz CT molecular complexity index is 461. The highest BCUT2D eigenvalue weighted by molar-refractivity contribution is 5.75. The zero-order chi connectivity index (χ0) is 14.5. The van der Waals surface area contributed by atoms with E-state index in [0.29, 0.717) is 11.7 Å². The molecule has 4 nitrogen and oxygen atoms in total. The van der Waals surface area contributed by atoms with E-state index in [4.69, 9.17) is 4.74 Å². The van der Waals surface area contributed by atoms with E-state index in [2.05, 4.69) is 12.2 Å². The Hall–Kier alpha value is -1.55. The molecule has 20 heavy (non-hydrogen) atoms. The number of carboxylic acids is 1. The van der Waals surface area contributed by atoms with Gasteiger partial charge in [-0.1, -0.05) is 31.9 Å². The van der Waals surface area contributed by atoms with Crippen molar-refractivity contribution < 1.29 is 14.6 Å². The summed E-state index contributed by atoms with van der Waals surface area (Å²) in [7, 11) is 1.59. The molecular formula is C16H23NO3. The first-order valence-corrected chi connectivity index (χ1v) is 7.24. The van der Waals surface area contributed by atoms with Gasteiger partial charge in [-0.2, -0.15) is 0 Å². The lowest BCUT2D eigenvalue weighted by molar-refractivity contribution is -0.140. The van der Waals surface area contributed by atoms with Crippen LogP contribution in [0.25, 0.3) is 0 Å². The topological polar surface area (TPSA) is 58.6 Å². The van der Waals surface area contributed by atoms with Crippen molar-refractivity contribution in [1.29, 1.82) is 0 Å². The molecule has 1 aliphatic rings. The molecule has 3 unspecified atom stereocenters. The lowest BCUT2D eigenvalue weighted by atomic mass is 9.85. The molecule has 3 atom stereocenters. The number of benzene rings is 1. The maximum Gasteiger partial charge on any atom is 0.325 e. The van der Waals surface area contributed by atoms with Gasteiger partial charge in [-0.25, -0.2) is 0 Å². The molecule has 4 heteroatoms. The summed E-state index contributed by atoms with van der Waals surface area (Å²) >= 11 is 0. The number of nitrogens with one attached hydrogen (secondary N) is 1. The predicted octanol–water partition coefficient (Wildman–Crippen LogP) is 2.99. The van der Waals surface area contributed by atoms with Crippen LogP contribution in [0.1, 0.15) is 44.2 Å². The van der Waals surface area contributed by atoms with Crippen LogP contribution < -0.4 is 10.1 Å². The Morgan fingerprint density at radius 2 is 2.15 bits per heavy atom. The normalized spacial score (nSPS) is 24.1. The summed E-state index contributed by atoms with van der Waals surface area (Å²) in [4.78, 5) is 11.6. The number of rotatable bonds is 5.